The zero-order valence-corrected chi connectivity index (χ0v) is 14.5. The van der Waals surface area contributed by atoms with E-state index in [0.717, 1.165) is 50.3 Å². The van der Waals surface area contributed by atoms with Crippen molar-refractivity contribution >= 4 is 23.2 Å². The van der Waals surface area contributed by atoms with Crippen LogP contribution >= 0.6 is 11.6 Å². The number of rotatable bonds is 3. The molecule has 1 amide bonds. The van der Waals surface area contributed by atoms with E-state index >= 15 is 0 Å². The highest BCUT2D eigenvalue weighted by Gasteiger charge is 2.29. The van der Waals surface area contributed by atoms with E-state index in [0.29, 0.717) is 0 Å². The van der Waals surface area contributed by atoms with Gasteiger partial charge >= 0.3 is 0 Å². The summed E-state index contributed by atoms with van der Waals surface area (Å²) >= 11 is 5.87. The largest absolute Gasteiger partial charge is 0.369 e. The second kappa shape index (κ2) is 6.67. The molecule has 5 nitrogen and oxygen atoms in total. The number of anilines is 1. The highest BCUT2D eigenvalue weighted by atomic mass is 35.5. The van der Waals surface area contributed by atoms with Crippen molar-refractivity contribution in [3.63, 3.8) is 0 Å². The van der Waals surface area contributed by atoms with Gasteiger partial charge in [-0.05, 0) is 31.0 Å². The number of amides is 1. The molecule has 2 unspecified atom stereocenters. The molecule has 0 bridgehead atoms. The van der Waals surface area contributed by atoms with E-state index in [1.165, 1.54) is 6.07 Å². The molecular formula is C18H20ClFN4O. The van der Waals surface area contributed by atoms with Gasteiger partial charge in [0.25, 0.3) is 0 Å². The summed E-state index contributed by atoms with van der Waals surface area (Å²) in [7, 11) is 0. The van der Waals surface area contributed by atoms with Gasteiger partial charge in [0.05, 0.1) is 11.3 Å². The first kappa shape index (κ1) is 16.4. The van der Waals surface area contributed by atoms with Gasteiger partial charge in [0, 0.05) is 55.6 Å². The van der Waals surface area contributed by atoms with E-state index in [1.54, 1.807) is 12.1 Å². The van der Waals surface area contributed by atoms with Crippen LogP contribution in [0.25, 0.3) is 0 Å². The predicted octanol–water partition coefficient (Wildman–Crippen LogP) is 2.63. The molecule has 1 saturated heterocycles. The Kier molecular flexibility index (Phi) is 4.37. The van der Waals surface area contributed by atoms with Crippen molar-refractivity contribution in [3.05, 3.63) is 47.3 Å². The summed E-state index contributed by atoms with van der Waals surface area (Å²) in [4.78, 5) is 18.9. The summed E-state index contributed by atoms with van der Waals surface area (Å²) in [6, 6.07) is 4.87. The van der Waals surface area contributed by atoms with Crippen LogP contribution in [0.15, 0.2) is 30.7 Å². The molecule has 0 radical (unpaired) electrons. The number of carbonyl (C=O) groups is 1. The summed E-state index contributed by atoms with van der Waals surface area (Å²) in [5, 5.41) is 3.31. The van der Waals surface area contributed by atoms with Gasteiger partial charge in [-0.15, -0.1) is 0 Å². The van der Waals surface area contributed by atoms with Crippen LogP contribution in [-0.2, 0) is 17.8 Å². The molecule has 1 aromatic heterocycles. The van der Waals surface area contributed by atoms with Crippen molar-refractivity contribution < 1.29 is 9.18 Å². The van der Waals surface area contributed by atoms with E-state index in [1.807, 2.05) is 12.5 Å². The lowest BCUT2D eigenvalue weighted by atomic mass is 9.95. The van der Waals surface area contributed by atoms with E-state index in [-0.39, 0.29) is 22.9 Å². The van der Waals surface area contributed by atoms with Crippen LogP contribution in [0.5, 0.6) is 0 Å². The summed E-state index contributed by atoms with van der Waals surface area (Å²) < 4.78 is 15.4. The van der Waals surface area contributed by atoms with Crippen molar-refractivity contribution in [2.24, 2.45) is 5.92 Å². The Morgan fingerprint density at radius 3 is 3.04 bits per heavy atom. The third-order valence-electron chi connectivity index (χ3n) is 5.15. The maximum atomic E-state index is 13.3. The van der Waals surface area contributed by atoms with Crippen LogP contribution in [0.3, 0.4) is 0 Å². The molecule has 3 heterocycles. The first-order valence-electron chi connectivity index (χ1n) is 8.59. The zero-order chi connectivity index (χ0) is 17.4. The smallest absolute Gasteiger partial charge is 0.223 e. The van der Waals surface area contributed by atoms with Gasteiger partial charge in [-0.2, -0.15) is 0 Å². The molecule has 1 fully saturated rings. The number of aryl methyl sites for hydroxylation is 1. The van der Waals surface area contributed by atoms with E-state index in [9.17, 15) is 9.18 Å². The average molecular weight is 363 g/mol. The van der Waals surface area contributed by atoms with E-state index in [4.69, 9.17) is 11.6 Å². The van der Waals surface area contributed by atoms with Gasteiger partial charge in [0.1, 0.15) is 5.82 Å². The zero-order valence-electron chi connectivity index (χ0n) is 13.8. The van der Waals surface area contributed by atoms with Crippen molar-refractivity contribution in [2.45, 2.75) is 31.8 Å². The van der Waals surface area contributed by atoms with E-state index in [2.05, 4.69) is 19.8 Å². The molecule has 2 aliphatic rings. The average Bonchev–Trinajstić information content (AvgIpc) is 3.25. The summed E-state index contributed by atoms with van der Waals surface area (Å²) in [6.07, 6.45) is 6.14. The lowest BCUT2D eigenvalue weighted by molar-refractivity contribution is -0.126. The van der Waals surface area contributed by atoms with Gasteiger partial charge < -0.3 is 14.8 Å². The maximum Gasteiger partial charge on any atom is 0.223 e. The number of aromatic nitrogens is 2. The third kappa shape index (κ3) is 3.35. The van der Waals surface area contributed by atoms with E-state index < -0.39 is 5.82 Å². The van der Waals surface area contributed by atoms with Crippen LogP contribution in [0.1, 0.15) is 18.5 Å². The van der Waals surface area contributed by atoms with Gasteiger partial charge in [0.2, 0.25) is 5.91 Å². The Balaban J connectivity index is 1.35. The molecule has 25 heavy (non-hydrogen) atoms. The molecule has 0 saturated carbocycles. The molecule has 2 atom stereocenters. The molecule has 2 aromatic rings. The number of halogens is 2. The molecule has 1 N–H and O–H groups in total. The third-order valence-corrected chi connectivity index (χ3v) is 5.44. The number of nitrogens with one attached hydrogen (secondary N) is 1. The fraction of sp³-hybridized carbons (Fsp3) is 0.444. The predicted molar refractivity (Wildman–Crippen MR) is 94.2 cm³/mol. The minimum Gasteiger partial charge on any atom is -0.369 e. The molecule has 132 valence electrons. The minimum atomic E-state index is -0.411. The monoisotopic (exact) mass is 362 g/mol. The van der Waals surface area contributed by atoms with Crippen LogP contribution in [0.4, 0.5) is 10.1 Å². The lowest BCUT2D eigenvalue weighted by Crippen LogP contribution is -2.42. The van der Waals surface area contributed by atoms with Crippen molar-refractivity contribution in [3.8, 4) is 0 Å². The Bertz CT molecular complexity index is 793. The van der Waals surface area contributed by atoms with Crippen LogP contribution < -0.4 is 10.2 Å². The second-order valence-electron chi connectivity index (χ2n) is 6.81. The Labute approximate surface area is 150 Å². The van der Waals surface area contributed by atoms with Crippen LogP contribution in [-0.4, -0.2) is 34.6 Å². The Morgan fingerprint density at radius 2 is 2.20 bits per heavy atom. The number of carbonyl (C=O) groups excluding carboxylic acids is 1. The first-order valence-corrected chi connectivity index (χ1v) is 8.97. The number of imidazole rings is 1. The van der Waals surface area contributed by atoms with Crippen LogP contribution in [0, 0.1) is 11.7 Å². The van der Waals surface area contributed by atoms with Gasteiger partial charge in [0.15, 0.2) is 0 Å². The Hall–Kier alpha value is -2.08. The SMILES string of the molecule is O=C(NC1CCN(c2ccc(F)c(Cl)c2)C1)C1CCn2cncc2C1. The van der Waals surface area contributed by atoms with Gasteiger partial charge in [-0.25, -0.2) is 9.37 Å². The molecular weight excluding hydrogens is 343 g/mol. The number of hydrogen-bond donors (Lipinski definition) is 1. The van der Waals surface area contributed by atoms with Crippen molar-refractivity contribution in [1.82, 2.24) is 14.9 Å². The quantitative estimate of drug-likeness (QED) is 0.913. The van der Waals surface area contributed by atoms with Crippen molar-refractivity contribution in [2.75, 3.05) is 18.0 Å². The molecule has 1 aromatic carbocycles. The summed E-state index contributed by atoms with van der Waals surface area (Å²) in [6.45, 7) is 2.39. The number of hydrogen-bond acceptors (Lipinski definition) is 3. The highest BCUT2D eigenvalue weighted by molar-refractivity contribution is 6.31. The number of fused-ring (bicyclic) bond motifs is 1. The maximum absolute atomic E-state index is 13.3. The van der Waals surface area contributed by atoms with Gasteiger partial charge in [-0.3, -0.25) is 4.79 Å². The fourth-order valence-corrected chi connectivity index (χ4v) is 3.88. The Morgan fingerprint density at radius 1 is 1.32 bits per heavy atom. The topological polar surface area (TPSA) is 50.2 Å². The highest BCUT2D eigenvalue weighted by Crippen LogP contribution is 2.26. The fourth-order valence-electron chi connectivity index (χ4n) is 3.71. The molecule has 7 heteroatoms. The second-order valence-corrected chi connectivity index (χ2v) is 7.21. The summed E-state index contributed by atoms with van der Waals surface area (Å²) in [5.41, 5.74) is 2.02. The lowest BCUT2D eigenvalue weighted by Gasteiger charge is -2.25. The minimum absolute atomic E-state index is 0.0125. The molecule has 2 aliphatic heterocycles. The number of nitrogens with zero attached hydrogens (tertiary/aromatic N) is 3. The molecule has 0 aliphatic carbocycles. The first-order chi connectivity index (χ1) is 12.1. The van der Waals surface area contributed by atoms with Crippen LogP contribution in [0.2, 0.25) is 5.02 Å². The molecule has 0 spiro atoms. The standard InChI is InChI=1S/C18H20ClFN4O/c19-16-8-14(1-2-17(16)20)23-6-4-13(10-23)22-18(25)12-3-5-24-11-21-9-15(24)7-12/h1-2,8-9,11-13H,3-7,10H2,(H,22,25). The van der Waals surface area contributed by atoms with Gasteiger partial charge in [-0.1, -0.05) is 11.6 Å². The normalized spacial score (nSPS) is 22.7. The van der Waals surface area contributed by atoms with Crippen molar-refractivity contribution in [1.29, 1.82) is 0 Å². The molecule has 4 rings (SSSR count). The summed E-state index contributed by atoms with van der Waals surface area (Å²) in [5.74, 6) is -0.277. The number of benzene rings is 1.